The Hall–Kier alpha value is -3.01. The SMILES string of the molecule is C=CCOc1ccc(C(=O)C=Cc2cc(OC)c(CCCC)c(OC)c2)cc1. The van der Waals surface area contributed by atoms with Gasteiger partial charge in [0.25, 0.3) is 0 Å². The highest BCUT2D eigenvalue weighted by atomic mass is 16.5. The Labute approximate surface area is 167 Å². The molecular formula is C24H28O4. The highest BCUT2D eigenvalue weighted by Crippen LogP contribution is 2.32. The summed E-state index contributed by atoms with van der Waals surface area (Å²) in [5, 5.41) is 0. The molecule has 0 aliphatic heterocycles. The van der Waals surface area contributed by atoms with E-state index in [4.69, 9.17) is 14.2 Å². The van der Waals surface area contributed by atoms with Gasteiger partial charge in [-0.2, -0.15) is 0 Å². The molecule has 0 amide bonds. The lowest BCUT2D eigenvalue weighted by Gasteiger charge is -2.14. The normalized spacial score (nSPS) is 10.7. The van der Waals surface area contributed by atoms with Crippen LogP contribution < -0.4 is 14.2 Å². The molecule has 0 N–H and O–H groups in total. The second-order valence-corrected chi connectivity index (χ2v) is 6.33. The van der Waals surface area contributed by atoms with E-state index in [0.717, 1.165) is 41.9 Å². The molecule has 0 saturated carbocycles. The molecule has 2 aromatic carbocycles. The number of methoxy groups -OCH3 is 2. The van der Waals surface area contributed by atoms with Crippen LogP contribution in [0.2, 0.25) is 0 Å². The van der Waals surface area contributed by atoms with Crippen molar-refractivity contribution >= 4 is 11.9 Å². The van der Waals surface area contributed by atoms with Gasteiger partial charge in [0.2, 0.25) is 0 Å². The highest BCUT2D eigenvalue weighted by molar-refractivity contribution is 6.06. The molecule has 0 atom stereocenters. The summed E-state index contributed by atoms with van der Waals surface area (Å²) in [5.74, 6) is 2.19. The van der Waals surface area contributed by atoms with Crippen LogP contribution in [0.25, 0.3) is 6.08 Å². The number of carbonyl (C=O) groups is 1. The second kappa shape index (κ2) is 11.0. The maximum absolute atomic E-state index is 12.5. The summed E-state index contributed by atoms with van der Waals surface area (Å²) in [4.78, 5) is 12.5. The summed E-state index contributed by atoms with van der Waals surface area (Å²) in [6, 6.07) is 10.9. The minimum atomic E-state index is -0.0803. The molecule has 0 heterocycles. The molecule has 28 heavy (non-hydrogen) atoms. The molecule has 0 saturated heterocycles. The van der Waals surface area contributed by atoms with Gasteiger partial charge in [0, 0.05) is 11.1 Å². The molecule has 0 fully saturated rings. The number of unbranched alkanes of at least 4 members (excludes halogenated alkanes) is 1. The summed E-state index contributed by atoms with van der Waals surface area (Å²) in [5.41, 5.74) is 2.51. The molecule has 0 aliphatic rings. The number of rotatable bonds is 11. The number of allylic oxidation sites excluding steroid dienone is 1. The molecule has 0 spiro atoms. The van der Waals surface area contributed by atoms with E-state index >= 15 is 0 Å². The Kier molecular flexibility index (Phi) is 8.35. The summed E-state index contributed by atoms with van der Waals surface area (Å²) in [6.45, 7) is 6.20. The molecule has 0 unspecified atom stereocenters. The van der Waals surface area contributed by atoms with Crippen LogP contribution in [0.15, 0.2) is 55.1 Å². The summed E-state index contributed by atoms with van der Waals surface area (Å²) >= 11 is 0. The van der Waals surface area contributed by atoms with Crippen LogP contribution in [0.4, 0.5) is 0 Å². The lowest BCUT2D eigenvalue weighted by Crippen LogP contribution is -1.99. The van der Waals surface area contributed by atoms with Gasteiger partial charge < -0.3 is 14.2 Å². The number of benzene rings is 2. The van der Waals surface area contributed by atoms with Crippen LogP contribution in [0.3, 0.4) is 0 Å². The Morgan fingerprint density at radius 1 is 1.07 bits per heavy atom. The van der Waals surface area contributed by atoms with Crippen LogP contribution in [0.5, 0.6) is 17.2 Å². The first-order valence-electron chi connectivity index (χ1n) is 9.44. The third-order valence-electron chi connectivity index (χ3n) is 4.34. The molecule has 0 radical (unpaired) electrons. The number of ketones is 1. The zero-order valence-electron chi connectivity index (χ0n) is 16.9. The molecule has 0 bridgehead atoms. The van der Waals surface area contributed by atoms with Crippen molar-refractivity contribution in [2.45, 2.75) is 26.2 Å². The molecule has 2 aromatic rings. The quantitative estimate of drug-likeness (QED) is 0.293. The number of carbonyl (C=O) groups excluding carboxylic acids is 1. The molecular weight excluding hydrogens is 352 g/mol. The monoisotopic (exact) mass is 380 g/mol. The highest BCUT2D eigenvalue weighted by Gasteiger charge is 2.11. The lowest BCUT2D eigenvalue weighted by molar-refractivity contribution is 0.104. The summed E-state index contributed by atoms with van der Waals surface area (Å²) in [7, 11) is 3.30. The van der Waals surface area contributed by atoms with Gasteiger partial charge in [-0.25, -0.2) is 0 Å². The number of hydrogen-bond donors (Lipinski definition) is 0. The first-order chi connectivity index (χ1) is 13.6. The first-order valence-corrected chi connectivity index (χ1v) is 9.44. The zero-order valence-corrected chi connectivity index (χ0v) is 16.9. The fraction of sp³-hybridized carbons (Fsp3) is 0.292. The topological polar surface area (TPSA) is 44.8 Å². The average Bonchev–Trinajstić information content (AvgIpc) is 2.74. The van der Waals surface area contributed by atoms with Crippen molar-refractivity contribution in [1.82, 2.24) is 0 Å². The fourth-order valence-corrected chi connectivity index (χ4v) is 2.84. The third-order valence-corrected chi connectivity index (χ3v) is 4.34. The maximum atomic E-state index is 12.5. The standard InChI is InChI=1S/C24H28O4/c1-5-7-8-21-23(26-3)16-18(17-24(21)27-4)9-14-22(25)19-10-12-20(13-11-19)28-15-6-2/h6,9-14,16-17H,2,5,7-8,15H2,1,3-4H3. The minimum absolute atomic E-state index is 0.0803. The van der Waals surface area contributed by atoms with Crippen LogP contribution in [-0.4, -0.2) is 26.6 Å². The fourth-order valence-electron chi connectivity index (χ4n) is 2.84. The van der Waals surface area contributed by atoms with E-state index < -0.39 is 0 Å². The summed E-state index contributed by atoms with van der Waals surface area (Å²) < 4.78 is 16.5. The Morgan fingerprint density at radius 2 is 1.71 bits per heavy atom. The van der Waals surface area contributed by atoms with Crippen molar-refractivity contribution in [3.63, 3.8) is 0 Å². The van der Waals surface area contributed by atoms with Gasteiger partial charge >= 0.3 is 0 Å². The van der Waals surface area contributed by atoms with Crippen LogP contribution >= 0.6 is 0 Å². The van der Waals surface area contributed by atoms with Gasteiger partial charge in [-0.05, 0) is 60.9 Å². The molecule has 0 aromatic heterocycles. The van der Waals surface area contributed by atoms with Crippen molar-refractivity contribution < 1.29 is 19.0 Å². The van der Waals surface area contributed by atoms with Gasteiger partial charge in [0.1, 0.15) is 23.9 Å². The molecule has 4 heteroatoms. The van der Waals surface area contributed by atoms with Crippen molar-refractivity contribution in [3.05, 3.63) is 71.8 Å². The number of ether oxygens (including phenoxy) is 3. The lowest BCUT2D eigenvalue weighted by atomic mass is 10.0. The van der Waals surface area contributed by atoms with E-state index in [1.165, 1.54) is 0 Å². The maximum Gasteiger partial charge on any atom is 0.185 e. The van der Waals surface area contributed by atoms with Crippen LogP contribution in [-0.2, 0) is 6.42 Å². The zero-order chi connectivity index (χ0) is 20.4. The minimum Gasteiger partial charge on any atom is -0.496 e. The van der Waals surface area contributed by atoms with E-state index in [0.29, 0.717) is 17.9 Å². The van der Waals surface area contributed by atoms with Gasteiger partial charge in [0.05, 0.1) is 14.2 Å². The Morgan fingerprint density at radius 3 is 2.25 bits per heavy atom. The molecule has 4 nitrogen and oxygen atoms in total. The molecule has 0 aliphatic carbocycles. The van der Waals surface area contributed by atoms with E-state index in [9.17, 15) is 4.79 Å². The van der Waals surface area contributed by atoms with Crippen molar-refractivity contribution in [2.75, 3.05) is 20.8 Å². The van der Waals surface area contributed by atoms with Gasteiger partial charge in [-0.1, -0.05) is 32.1 Å². The second-order valence-electron chi connectivity index (χ2n) is 6.33. The predicted octanol–water partition coefficient (Wildman–Crippen LogP) is 5.51. The summed E-state index contributed by atoms with van der Waals surface area (Å²) in [6.07, 6.45) is 8.06. The van der Waals surface area contributed by atoms with Gasteiger partial charge in [-0.3, -0.25) is 4.79 Å². The van der Waals surface area contributed by atoms with E-state index in [1.54, 1.807) is 56.7 Å². The van der Waals surface area contributed by atoms with Crippen molar-refractivity contribution in [2.24, 2.45) is 0 Å². The molecule has 148 valence electrons. The number of hydrogen-bond acceptors (Lipinski definition) is 4. The van der Waals surface area contributed by atoms with E-state index in [2.05, 4.69) is 13.5 Å². The van der Waals surface area contributed by atoms with Gasteiger partial charge in [-0.15, -0.1) is 0 Å². The third kappa shape index (κ3) is 5.74. The smallest absolute Gasteiger partial charge is 0.185 e. The van der Waals surface area contributed by atoms with Gasteiger partial charge in [0.15, 0.2) is 5.78 Å². The van der Waals surface area contributed by atoms with Crippen molar-refractivity contribution in [3.8, 4) is 17.2 Å². The Balaban J connectivity index is 2.18. The van der Waals surface area contributed by atoms with Crippen molar-refractivity contribution in [1.29, 1.82) is 0 Å². The van der Waals surface area contributed by atoms with Crippen LogP contribution in [0, 0.1) is 0 Å². The Bertz CT molecular complexity index is 794. The first kappa shape index (κ1) is 21.3. The molecule has 2 rings (SSSR count). The predicted molar refractivity (Wildman–Crippen MR) is 114 cm³/mol. The van der Waals surface area contributed by atoms with Crippen LogP contribution in [0.1, 0.15) is 41.3 Å². The van der Waals surface area contributed by atoms with E-state index in [1.807, 2.05) is 12.1 Å². The average molecular weight is 380 g/mol. The largest absolute Gasteiger partial charge is 0.496 e. The van der Waals surface area contributed by atoms with E-state index in [-0.39, 0.29) is 5.78 Å².